The van der Waals surface area contributed by atoms with Crippen LogP contribution in [0.25, 0.3) is 22.3 Å². The third-order valence-electron chi connectivity index (χ3n) is 15.0. The lowest BCUT2D eigenvalue weighted by Gasteiger charge is -2.22. The number of rotatable bonds is 22. The minimum atomic E-state index is -1.07. The first-order valence-electron chi connectivity index (χ1n) is 32.7. The van der Waals surface area contributed by atoms with Crippen molar-refractivity contribution in [2.75, 3.05) is 78.5 Å². The van der Waals surface area contributed by atoms with Crippen molar-refractivity contribution in [3.05, 3.63) is 231 Å². The van der Waals surface area contributed by atoms with E-state index in [-0.39, 0.29) is 66.7 Å². The first-order chi connectivity index (χ1) is 48.9. The summed E-state index contributed by atoms with van der Waals surface area (Å²) < 4.78 is 29.2. The van der Waals surface area contributed by atoms with Gasteiger partial charge in [0, 0.05) is 69.6 Å². The van der Waals surface area contributed by atoms with Crippen molar-refractivity contribution in [2.24, 2.45) is 0 Å². The largest absolute Gasteiger partial charge is 0.449 e. The number of nitro benzene ring substituents is 1. The summed E-state index contributed by atoms with van der Waals surface area (Å²) in [5.41, 5.74) is 9.64. The summed E-state index contributed by atoms with van der Waals surface area (Å²) in [5, 5.41) is 30.9. The topological polar surface area (TPSA) is 321 Å². The molecule has 0 fully saturated rings. The van der Waals surface area contributed by atoms with Crippen molar-refractivity contribution >= 4 is 82.8 Å². The van der Waals surface area contributed by atoms with E-state index in [1.54, 1.807) is 120 Å². The summed E-state index contributed by atoms with van der Waals surface area (Å²) in [7, 11) is 4.53. The molecule has 0 saturated carbocycles. The van der Waals surface area contributed by atoms with E-state index >= 15 is 0 Å². The minimum Gasteiger partial charge on any atom is -0.449 e. The second kappa shape index (κ2) is 44.5. The van der Waals surface area contributed by atoms with Crippen LogP contribution in [0.2, 0.25) is 0 Å². The molecule has 0 saturated heterocycles. The Morgan fingerprint density at radius 2 is 1.02 bits per heavy atom. The molecule has 0 radical (unpaired) electrons. The smallest absolute Gasteiger partial charge is 0.408 e. The number of amides is 8. The van der Waals surface area contributed by atoms with Gasteiger partial charge in [-0.1, -0.05) is 153 Å². The number of nitro groups is 1. The van der Waals surface area contributed by atoms with Gasteiger partial charge < -0.3 is 56.7 Å². The molecular weight excluding hydrogens is 1350 g/mol. The zero-order chi connectivity index (χ0) is 75.2. The molecule has 26 heteroatoms. The van der Waals surface area contributed by atoms with E-state index in [0.717, 1.165) is 29.5 Å². The average Bonchev–Trinajstić information content (AvgIpc) is 1.62. The fourth-order valence-corrected chi connectivity index (χ4v) is 10.5. The van der Waals surface area contributed by atoms with Crippen molar-refractivity contribution in [2.45, 2.75) is 83.4 Å². The van der Waals surface area contributed by atoms with Gasteiger partial charge in [0.25, 0.3) is 11.8 Å². The summed E-state index contributed by atoms with van der Waals surface area (Å²) in [6.45, 7) is 10.2. The van der Waals surface area contributed by atoms with Gasteiger partial charge in [0.15, 0.2) is 5.78 Å². The van der Waals surface area contributed by atoms with Crippen molar-refractivity contribution in [3.63, 3.8) is 0 Å². The molecule has 23 nitrogen and oxygen atoms in total. The van der Waals surface area contributed by atoms with Gasteiger partial charge in [0.1, 0.15) is 30.9 Å². The molecule has 2 atom stereocenters. The van der Waals surface area contributed by atoms with E-state index < -0.39 is 57.9 Å². The van der Waals surface area contributed by atoms with Gasteiger partial charge in [-0.15, -0.1) is 0 Å². The van der Waals surface area contributed by atoms with Crippen LogP contribution in [0.4, 0.5) is 24.5 Å². The van der Waals surface area contributed by atoms with Crippen LogP contribution in [0, 0.1) is 15.9 Å². The maximum absolute atomic E-state index is 13.5. The van der Waals surface area contributed by atoms with Crippen molar-refractivity contribution < 1.29 is 66.7 Å². The summed E-state index contributed by atoms with van der Waals surface area (Å²) in [6.07, 6.45) is 5.89. The number of nitrogens with zero attached hydrogens (tertiary/aromatic N) is 1. The predicted octanol–water partition coefficient (Wildman–Crippen LogP) is 11.4. The lowest BCUT2D eigenvalue weighted by Crippen LogP contribution is -2.49. The zero-order valence-electron chi connectivity index (χ0n) is 59.3. The number of carbonyl (C=O) groups is 9. The standard InChI is InChI=1S/C19H19FN4O5.C17H17NO2.C16H15NO2.C11H22N2O3S.C11H13NO2.C2H6S/c1-21-17(25)11-22-19(27)15(9-12-5-3-2-4-6-12)23-18(26)13-7-8-14(20)16(10-13)24(28)29;1-2-18-17(19)20-11-16-14-9-5-3-7-12(14)13-8-4-6-10-15(13)16;1-17-16(18)19-10-15-13-8-4-2-6-11(13)12-7-3-5-9-14(12)15;1-11(2,3)16-10(15)13-8(6-7-17-5)9(14)12-4;1-2-10(13)8-12-11(14)9-6-4-3-5-7-9;1-3-2/h2-8,10,15H,9,11H2,1H3,(H,21,25)(H,22,27)(H,23,26);3-10,16H,2,11H2,1H3,(H,18,19);2-9,15H,10H2,1H3,(H,17,18);8H,6-7H2,1-5H3,(H,12,14)(H,13,15);3-7H,2,8H2,1H3,(H,12,14);1-2H3/t15-;;;8-;;/m0..0../s1. The van der Waals surface area contributed by atoms with Crippen molar-refractivity contribution in [3.8, 4) is 22.3 Å². The Bertz CT molecular complexity index is 3810. The van der Waals surface area contributed by atoms with E-state index in [4.69, 9.17) is 14.2 Å². The van der Waals surface area contributed by atoms with Gasteiger partial charge in [-0.25, -0.2) is 14.4 Å². The van der Waals surface area contributed by atoms with Crippen LogP contribution < -0.4 is 42.5 Å². The number of hydrogen-bond acceptors (Lipinski definition) is 16. The molecule has 9 rings (SSSR count). The fourth-order valence-electron chi connectivity index (χ4n) is 10.1. The Morgan fingerprint density at radius 1 is 0.539 bits per heavy atom. The lowest BCUT2D eigenvalue weighted by atomic mass is 9.98. The number of Topliss-reactive ketones (excluding diaryl/α,β-unsaturated/α-hetero) is 1. The van der Waals surface area contributed by atoms with Crippen molar-refractivity contribution in [1.82, 2.24) is 42.5 Å². The number of nitrogens with one attached hydrogen (secondary N) is 8. The van der Waals surface area contributed by atoms with E-state index in [1.165, 1.54) is 51.6 Å². The number of ketones is 1. The summed E-state index contributed by atoms with van der Waals surface area (Å²) in [5.74, 6) is -2.20. The second-order valence-corrected chi connectivity index (χ2v) is 25.2. The summed E-state index contributed by atoms with van der Waals surface area (Å²) in [4.78, 5) is 114. The Kier molecular flexibility index (Phi) is 36.6. The first kappa shape index (κ1) is 83.8. The van der Waals surface area contributed by atoms with E-state index in [1.807, 2.05) is 80.3 Å². The molecule has 8 amide bonds. The third-order valence-corrected chi connectivity index (χ3v) is 15.6. The third kappa shape index (κ3) is 27.8. The molecule has 8 N–H and O–H groups in total. The first-order valence-corrected chi connectivity index (χ1v) is 35.7. The number of alkyl carbamates (subject to hydrolysis) is 3. The van der Waals surface area contributed by atoms with Crippen LogP contribution in [0.5, 0.6) is 0 Å². The molecule has 0 bridgehead atoms. The molecule has 0 spiro atoms. The van der Waals surface area contributed by atoms with Crippen LogP contribution in [0.3, 0.4) is 0 Å². The van der Waals surface area contributed by atoms with Crippen LogP contribution in [-0.4, -0.2) is 155 Å². The van der Waals surface area contributed by atoms with Gasteiger partial charge >= 0.3 is 24.0 Å². The molecule has 0 aliphatic heterocycles. The maximum Gasteiger partial charge on any atom is 0.408 e. The van der Waals surface area contributed by atoms with Crippen molar-refractivity contribution in [1.29, 1.82) is 0 Å². The normalized spacial score (nSPS) is 11.6. The van der Waals surface area contributed by atoms with E-state index in [0.29, 0.717) is 38.2 Å². The highest BCUT2D eigenvalue weighted by Gasteiger charge is 2.31. The Hall–Kier alpha value is -10.6. The van der Waals surface area contributed by atoms with Gasteiger partial charge in [0.2, 0.25) is 23.5 Å². The average molecular weight is 1440 g/mol. The predicted molar refractivity (Wildman–Crippen MR) is 398 cm³/mol. The molecule has 2 aliphatic rings. The molecular formula is C76H92FN9O14S2. The number of hydrogen-bond donors (Lipinski definition) is 8. The van der Waals surface area contributed by atoms with Gasteiger partial charge in [-0.05, 0) is 133 Å². The maximum atomic E-state index is 13.5. The fraction of sp³-hybridized carbons (Fsp3) is 0.329. The number of likely N-dealkylation sites (N-methyl/N-ethyl adjacent to an activating group) is 2. The molecule has 102 heavy (non-hydrogen) atoms. The van der Waals surface area contributed by atoms with Gasteiger partial charge in [0.05, 0.1) is 18.0 Å². The van der Waals surface area contributed by atoms with Crippen LogP contribution in [0.15, 0.2) is 176 Å². The molecule has 0 unspecified atom stereocenters. The highest BCUT2D eigenvalue weighted by molar-refractivity contribution is 7.98. The molecule has 0 heterocycles. The number of ether oxygens (including phenoxy) is 3. The molecule has 7 aromatic carbocycles. The minimum absolute atomic E-state index is 0.0364. The van der Waals surface area contributed by atoms with E-state index in [9.17, 15) is 57.7 Å². The Labute approximate surface area is 603 Å². The number of halogens is 1. The number of carbonyl (C=O) groups excluding carboxylic acids is 9. The van der Waals surface area contributed by atoms with Gasteiger partial charge in [-0.2, -0.15) is 27.9 Å². The molecule has 2 aliphatic carbocycles. The quantitative estimate of drug-likeness (QED) is 0.0178. The molecule has 7 aromatic rings. The number of benzene rings is 7. The monoisotopic (exact) mass is 1440 g/mol. The summed E-state index contributed by atoms with van der Waals surface area (Å²) >= 11 is 3.38. The molecule has 0 aromatic heterocycles. The zero-order valence-corrected chi connectivity index (χ0v) is 60.9. The molecule has 544 valence electrons. The van der Waals surface area contributed by atoms with E-state index in [2.05, 4.69) is 91.1 Å². The number of thioether (sulfide) groups is 2. The SMILES string of the molecule is CCC(=O)CNC(=O)c1ccccc1.CCNC(=O)OCC1c2ccccc2-c2ccccc21.CNC(=O)CNC(=O)[C@H](Cc1ccccc1)NC(=O)c1ccc(F)c([N+](=O)[O-])c1.CNC(=O)OCC1c2ccccc2-c2ccccc21.CNC(=O)[C@H](CCSC)NC(=O)OC(C)(C)C.CSC. The second-order valence-electron chi connectivity index (χ2n) is 23.4. The lowest BCUT2D eigenvalue weighted by molar-refractivity contribution is -0.387. The van der Waals surface area contributed by atoms with Crippen LogP contribution >= 0.6 is 23.5 Å². The Balaban J connectivity index is 0.000000273. The number of fused-ring (bicyclic) bond motifs is 6. The highest BCUT2D eigenvalue weighted by atomic mass is 32.2. The Morgan fingerprint density at radius 3 is 1.46 bits per heavy atom. The van der Waals surface area contributed by atoms with Gasteiger partial charge in [-0.3, -0.25) is 38.9 Å². The van der Waals surface area contributed by atoms with Crippen LogP contribution in [0.1, 0.15) is 108 Å². The highest BCUT2D eigenvalue weighted by Crippen LogP contribution is 2.46. The van der Waals surface area contributed by atoms with Crippen LogP contribution in [-0.2, 0) is 39.8 Å². The summed E-state index contributed by atoms with van der Waals surface area (Å²) in [6, 6.07) is 52.0.